The van der Waals surface area contributed by atoms with Gasteiger partial charge in [-0.2, -0.15) is 0 Å². The fourth-order valence-corrected chi connectivity index (χ4v) is 18.6. The molecule has 0 amide bonds. The van der Waals surface area contributed by atoms with Crippen LogP contribution >= 0.6 is 0 Å². The van der Waals surface area contributed by atoms with E-state index in [2.05, 4.69) is 464 Å². The molecule has 0 aliphatic carbocycles. The van der Waals surface area contributed by atoms with Crippen LogP contribution in [0, 0.1) is 111 Å². The molecule has 24 aromatic heterocycles. The molecule has 17 heteroatoms. The highest BCUT2D eigenvalue weighted by atomic mass is 15.1. The molecular weight excluding hydrogens is 1480 g/mol. The van der Waals surface area contributed by atoms with E-state index in [1.54, 1.807) is 0 Å². The molecule has 0 aliphatic rings. The minimum atomic E-state index is 1.02. The molecule has 0 unspecified atom stereocenters. The van der Waals surface area contributed by atoms with Gasteiger partial charge >= 0.3 is 0 Å². The van der Waals surface area contributed by atoms with Crippen LogP contribution in [0.15, 0.2) is 238 Å². The van der Waals surface area contributed by atoms with Gasteiger partial charge in [-0.05, 0) is 271 Å². The van der Waals surface area contributed by atoms with Crippen LogP contribution in [0.4, 0.5) is 0 Å². The summed E-state index contributed by atoms with van der Waals surface area (Å²) in [5.74, 6) is 0. The molecule has 0 saturated heterocycles. The first kappa shape index (κ1) is 78.8. The summed E-state index contributed by atoms with van der Waals surface area (Å²) in [7, 11) is 17.0. The van der Waals surface area contributed by atoms with Crippen molar-refractivity contribution < 1.29 is 0 Å². The van der Waals surface area contributed by atoms with Crippen molar-refractivity contribution in [1.29, 1.82) is 0 Å². The van der Waals surface area contributed by atoms with Crippen molar-refractivity contribution in [2.45, 2.75) is 111 Å². The van der Waals surface area contributed by atoms with Crippen molar-refractivity contribution in [1.82, 2.24) is 76.7 Å². The van der Waals surface area contributed by atoms with Crippen LogP contribution in [0.2, 0.25) is 0 Å². The Labute approximate surface area is 700 Å². The molecule has 24 heterocycles. The van der Waals surface area contributed by atoms with E-state index < -0.39 is 0 Å². The number of pyridine rings is 8. The van der Waals surface area contributed by atoms with Crippen LogP contribution in [0.25, 0.3) is 132 Å². The smallest absolute Gasteiger partial charge is 0.145 e. The first-order valence-electron chi connectivity index (χ1n) is 41.6. The molecule has 0 radical (unpaired) electrons. The second-order valence-electron chi connectivity index (χ2n) is 33.0. The van der Waals surface area contributed by atoms with Crippen LogP contribution < -0.4 is 0 Å². The summed E-state index contributed by atoms with van der Waals surface area (Å²) in [6.45, 7) is 34.8. The van der Waals surface area contributed by atoms with Crippen molar-refractivity contribution in [3.63, 3.8) is 0 Å². The zero-order valence-corrected chi connectivity index (χ0v) is 74.1. The second-order valence-corrected chi connectivity index (χ2v) is 33.0. The molecule has 0 spiro atoms. The first-order chi connectivity index (χ1) is 57.6. The number of aromatic nitrogens is 17. The third-order valence-corrected chi connectivity index (χ3v) is 27.3. The monoisotopic (exact) mass is 1590 g/mol. The number of nitrogens with zero attached hydrogens (tertiary/aromatic N) is 17. The Morgan fingerprint density at radius 2 is 0.533 bits per heavy atom. The zero-order chi connectivity index (χ0) is 84.6. The number of imidazole rings is 1. The van der Waals surface area contributed by atoms with Crippen molar-refractivity contribution in [3.8, 4) is 0 Å². The number of aryl methyl sites for hydroxylation is 16. The maximum atomic E-state index is 4.64. The lowest BCUT2D eigenvalue weighted by Gasteiger charge is -2.01. The molecule has 0 aromatic carbocycles. The molecular formula is C103H111N17. The number of hydrogen-bond donors (Lipinski definition) is 0. The number of rotatable bonds is 0. The maximum absolute atomic E-state index is 4.64. The van der Waals surface area contributed by atoms with Gasteiger partial charge in [0.1, 0.15) is 22.5 Å². The minimum Gasteiger partial charge on any atom is -0.346 e. The summed E-state index contributed by atoms with van der Waals surface area (Å²) < 4.78 is 35.7. The summed E-state index contributed by atoms with van der Waals surface area (Å²) in [4.78, 5) is 4.64. The van der Waals surface area contributed by atoms with Crippen LogP contribution in [0.5, 0.6) is 0 Å². The van der Waals surface area contributed by atoms with Gasteiger partial charge in [-0.1, -0.05) is 48.5 Å². The van der Waals surface area contributed by atoms with E-state index in [9.17, 15) is 0 Å². The van der Waals surface area contributed by atoms with E-state index in [1.165, 1.54) is 211 Å². The van der Waals surface area contributed by atoms with Gasteiger partial charge in [0.05, 0.1) is 66.2 Å². The van der Waals surface area contributed by atoms with Crippen LogP contribution in [-0.2, 0) is 56.4 Å². The summed E-state index contributed by atoms with van der Waals surface area (Å²) in [5, 5.41) is 6.86. The molecule has 24 aromatic rings. The fourth-order valence-electron chi connectivity index (χ4n) is 18.6. The normalized spacial score (nSPS) is 11.7. The van der Waals surface area contributed by atoms with E-state index in [0.29, 0.717) is 0 Å². The molecule has 0 aliphatic heterocycles. The summed E-state index contributed by atoms with van der Waals surface area (Å²) in [6.07, 6.45) is 25.7. The van der Waals surface area contributed by atoms with Crippen LogP contribution in [-0.4, -0.2) is 76.7 Å². The third-order valence-electron chi connectivity index (χ3n) is 27.3. The Kier molecular flexibility index (Phi) is 19.9. The fraction of sp³-hybridized carbons (Fsp3) is 0.233. The molecule has 24 rings (SSSR count). The highest BCUT2D eigenvalue weighted by Crippen LogP contribution is 2.36. The average molecular weight is 1590 g/mol. The predicted molar refractivity (Wildman–Crippen MR) is 505 cm³/mol. The lowest BCUT2D eigenvalue weighted by atomic mass is 10.2. The van der Waals surface area contributed by atoms with E-state index in [0.717, 1.165) is 11.2 Å². The van der Waals surface area contributed by atoms with Gasteiger partial charge in [-0.15, -0.1) is 0 Å². The number of hydrogen-bond acceptors (Lipinski definition) is 1. The molecule has 17 nitrogen and oxygen atoms in total. The standard InChI is InChI=1S/7C13H14N2.C12H13N3/c2*1-9-10(2)14(3)13-11(9)8-15-7-5-4-6-12(13)15;2*1-9-10(2)14(3)12-8-15-7-5-4-6-11(15)13(9)12;2*1-9-10(2)14(3)12-8-11-6-4-5-7-15(11)13(9)12;1-9-10(2)14(3)13-12(9)8-11-6-4-5-7-15(11)13;1-8-9(2)14(3)12-11(8)13-10-6-4-5-7-15(10)12/h7*4-8H,1-3H3;4-7H,1-3H3. The Balaban J connectivity index is 0.0000000979. The lowest BCUT2D eigenvalue weighted by Crippen LogP contribution is -1.95. The number of fused-ring (bicyclic) bond motifs is 24. The minimum absolute atomic E-state index is 1.02. The molecule has 0 atom stereocenters. The Bertz CT molecular complexity index is 6670. The Hall–Kier alpha value is -13.7. The molecule has 0 fully saturated rings. The topological polar surface area (TPSA) is 87.6 Å². The largest absolute Gasteiger partial charge is 0.346 e. The highest BCUT2D eigenvalue weighted by Gasteiger charge is 2.21. The van der Waals surface area contributed by atoms with Crippen molar-refractivity contribution in [3.05, 3.63) is 328 Å². The molecule has 0 bridgehead atoms. The van der Waals surface area contributed by atoms with Gasteiger partial charge in [-0.25, -0.2) is 4.98 Å². The summed E-state index contributed by atoms with van der Waals surface area (Å²) >= 11 is 0. The van der Waals surface area contributed by atoms with Gasteiger partial charge in [0.25, 0.3) is 0 Å². The highest BCUT2D eigenvalue weighted by molar-refractivity contribution is 6.02. The second kappa shape index (κ2) is 30.4. The van der Waals surface area contributed by atoms with Gasteiger partial charge in [-0.3, -0.25) is 4.40 Å². The average Bonchev–Trinajstić information content (AvgIpc) is 1.66. The predicted octanol–water partition coefficient (Wildman–Crippen LogP) is 23.8. The summed E-state index contributed by atoms with van der Waals surface area (Å²) in [5.41, 5.74) is 45.9. The third kappa shape index (κ3) is 12.5. The quantitative estimate of drug-likeness (QED) is 0.149. The van der Waals surface area contributed by atoms with E-state index in [-0.39, 0.29) is 0 Å². The zero-order valence-electron chi connectivity index (χ0n) is 74.1. The Morgan fingerprint density at radius 3 is 0.975 bits per heavy atom. The van der Waals surface area contributed by atoms with E-state index in [1.807, 2.05) is 18.2 Å². The van der Waals surface area contributed by atoms with E-state index in [4.69, 9.17) is 0 Å². The molecule has 0 saturated carbocycles. The molecule has 608 valence electrons. The molecule has 0 N–H and O–H groups in total. The van der Waals surface area contributed by atoms with Crippen molar-refractivity contribution in [2.24, 2.45) is 56.4 Å². The van der Waals surface area contributed by atoms with Gasteiger partial charge < -0.3 is 67.3 Å². The lowest BCUT2D eigenvalue weighted by molar-refractivity contribution is 0.886. The van der Waals surface area contributed by atoms with Gasteiger partial charge in [0.2, 0.25) is 0 Å². The van der Waals surface area contributed by atoms with Gasteiger partial charge in [0.15, 0.2) is 0 Å². The first-order valence-corrected chi connectivity index (χ1v) is 41.6. The van der Waals surface area contributed by atoms with Gasteiger partial charge in [0, 0.05) is 220 Å². The van der Waals surface area contributed by atoms with E-state index >= 15 is 0 Å². The maximum Gasteiger partial charge on any atom is 0.145 e. The molecule has 120 heavy (non-hydrogen) atoms. The van der Waals surface area contributed by atoms with Crippen LogP contribution in [0.3, 0.4) is 0 Å². The summed E-state index contributed by atoms with van der Waals surface area (Å²) in [6, 6.07) is 57.1. The van der Waals surface area contributed by atoms with Crippen molar-refractivity contribution in [2.75, 3.05) is 0 Å². The van der Waals surface area contributed by atoms with Crippen molar-refractivity contribution >= 4 is 132 Å². The van der Waals surface area contributed by atoms with Crippen LogP contribution in [0.1, 0.15) is 90.1 Å². The Morgan fingerprint density at radius 1 is 0.217 bits per heavy atom. The SMILES string of the molecule is Cc1c(C)n(C)c2c1cc1ccccn12.Cc1c(C)n(C)c2c1cn1ccccc21.Cc1c(C)n(C)c2c1cn1ccccc21.Cc1c(C)n(C)c2c1nc1ccccn12.Cc1c(C)n(C)c2cc3ccccn3c12.Cc1c(C)n(C)c2cc3ccccn3c12.Cc1c(C)n(C)c2cn3ccccc3c12.Cc1c(C)n(C)c2cn3ccccc3c12.